The van der Waals surface area contributed by atoms with Gasteiger partial charge in [-0.25, -0.2) is 0 Å². The van der Waals surface area contributed by atoms with Crippen LogP contribution in [-0.2, 0) is 4.74 Å². The first-order chi connectivity index (χ1) is 8.22. The molecule has 1 heterocycles. The third-order valence-electron chi connectivity index (χ3n) is 3.34. The van der Waals surface area contributed by atoms with E-state index in [0.717, 1.165) is 41.8 Å². The molecule has 4 heteroatoms. The minimum Gasteiger partial charge on any atom is -0.497 e. The molecule has 1 fully saturated rings. The normalized spacial score (nSPS) is 19.0. The summed E-state index contributed by atoms with van der Waals surface area (Å²) < 4.78 is 11.7. The molecule has 0 amide bonds. The van der Waals surface area contributed by atoms with Gasteiger partial charge in [0.2, 0.25) is 0 Å². The number of hydrogen-bond acceptors (Lipinski definition) is 3. The SMILES string of the molecule is COc1ccc(Br)c([C@H](N)C2CCOCC2)c1. The van der Waals surface area contributed by atoms with Gasteiger partial charge in [-0.2, -0.15) is 0 Å². The Morgan fingerprint density at radius 2 is 2.12 bits per heavy atom. The lowest BCUT2D eigenvalue weighted by molar-refractivity contribution is 0.0583. The summed E-state index contributed by atoms with van der Waals surface area (Å²) in [5, 5.41) is 0. The van der Waals surface area contributed by atoms with Gasteiger partial charge in [0.1, 0.15) is 5.75 Å². The van der Waals surface area contributed by atoms with Crippen LogP contribution in [0.3, 0.4) is 0 Å². The van der Waals surface area contributed by atoms with Crippen molar-refractivity contribution in [1.29, 1.82) is 0 Å². The van der Waals surface area contributed by atoms with Crippen molar-refractivity contribution in [2.75, 3.05) is 20.3 Å². The second-order valence-electron chi connectivity index (χ2n) is 4.36. The fourth-order valence-electron chi connectivity index (χ4n) is 2.23. The fraction of sp³-hybridized carbons (Fsp3) is 0.538. The van der Waals surface area contributed by atoms with Crippen molar-refractivity contribution < 1.29 is 9.47 Å². The first-order valence-corrected chi connectivity index (χ1v) is 6.68. The molecular weight excluding hydrogens is 282 g/mol. The molecule has 3 nitrogen and oxygen atoms in total. The van der Waals surface area contributed by atoms with Gasteiger partial charge >= 0.3 is 0 Å². The zero-order valence-electron chi connectivity index (χ0n) is 9.99. The molecule has 2 rings (SSSR count). The molecule has 2 N–H and O–H groups in total. The van der Waals surface area contributed by atoms with Gasteiger partial charge in [-0.1, -0.05) is 15.9 Å². The van der Waals surface area contributed by atoms with E-state index in [1.165, 1.54) is 0 Å². The lowest BCUT2D eigenvalue weighted by Gasteiger charge is -2.28. The van der Waals surface area contributed by atoms with Crippen LogP contribution >= 0.6 is 15.9 Å². The Labute approximate surface area is 110 Å². The van der Waals surface area contributed by atoms with E-state index in [2.05, 4.69) is 15.9 Å². The van der Waals surface area contributed by atoms with Crippen LogP contribution in [0.1, 0.15) is 24.4 Å². The molecule has 1 saturated heterocycles. The van der Waals surface area contributed by atoms with Crippen molar-refractivity contribution in [2.24, 2.45) is 11.7 Å². The Morgan fingerprint density at radius 1 is 1.41 bits per heavy atom. The molecule has 0 saturated carbocycles. The number of methoxy groups -OCH3 is 1. The molecule has 1 aromatic carbocycles. The molecule has 0 radical (unpaired) electrons. The van der Waals surface area contributed by atoms with Crippen LogP contribution in [0.5, 0.6) is 5.75 Å². The van der Waals surface area contributed by atoms with Crippen molar-refractivity contribution in [3.05, 3.63) is 28.2 Å². The van der Waals surface area contributed by atoms with E-state index in [1.807, 2.05) is 18.2 Å². The summed E-state index contributed by atoms with van der Waals surface area (Å²) >= 11 is 3.56. The summed E-state index contributed by atoms with van der Waals surface area (Å²) in [4.78, 5) is 0. The van der Waals surface area contributed by atoms with Gasteiger partial charge < -0.3 is 15.2 Å². The van der Waals surface area contributed by atoms with E-state index in [9.17, 15) is 0 Å². The molecule has 0 bridgehead atoms. The maximum atomic E-state index is 6.35. The first-order valence-electron chi connectivity index (χ1n) is 5.89. The van der Waals surface area contributed by atoms with Gasteiger partial charge in [0.25, 0.3) is 0 Å². The Bertz CT molecular complexity index is 378. The van der Waals surface area contributed by atoms with E-state index in [4.69, 9.17) is 15.2 Å². The third kappa shape index (κ3) is 3.00. The summed E-state index contributed by atoms with van der Waals surface area (Å²) in [6.45, 7) is 1.64. The van der Waals surface area contributed by atoms with E-state index >= 15 is 0 Å². The molecule has 0 unspecified atom stereocenters. The van der Waals surface area contributed by atoms with Gasteiger partial charge in [-0.05, 0) is 42.5 Å². The lowest BCUT2D eigenvalue weighted by atomic mass is 9.88. The van der Waals surface area contributed by atoms with Crippen molar-refractivity contribution in [3.8, 4) is 5.75 Å². The molecule has 0 spiro atoms. The molecule has 0 aliphatic carbocycles. The fourth-order valence-corrected chi connectivity index (χ4v) is 2.74. The number of benzene rings is 1. The molecule has 1 aromatic rings. The quantitative estimate of drug-likeness (QED) is 0.933. The van der Waals surface area contributed by atoms with Crippen LogP contribution in [0.15, 0.2) is 22.7 Å². The average Bonchev–Trinajstić information content (AvgIpc) is 2.39. The topological polar surface area (TPSA) is 44.5 Å². The highest BCUT2D eigenvalue weighted by Gasteiger charge is 2.24. The average molecular weight is 300 g/mol. The molecule has 1 atom stereocenters. The highest BCUT2D eigenvalue weighted by Crippen LogP contribution is 2.34. The zero-order chi connectivity index (χ0) is 12.3. The summed E-state index contributed by atoms with van der Waals surface area (Å²) in [5.41, 5.74) is 7.47. The highest BCUT2D eigenvalue weighted by atomic mass is 79.9. The predicted molar refractivity (Wildman–Crippen MR) is 71.2 cm³/mol. The summed E-state index contributed by atoms with van der Waals surface area (Å²) in [6.07, 6.45) is 2.07. The molecule has 94 valence electrons. The van der Waals surface area contributed by atoms with Crippen molar-refractivity contribution in [3.63, 3.8) is 0 Å². The van der Waals surface area contributed by atoms with E-state index in [1.54, 1.807) is 7.11 Å². The largest absolute Gasteiger partial charge is 0.497 e. The summed E-state index contributed by atoms with van der Waals surface area (Å²) in [5.74, 6) is 1.35. The van der Waals surface area contributed by atoms with Gasteiger partial charge in [0.15, 0.2) is 0 Å². The highest BCUT2D eigenvalue weighted by molar-refractivity contribution is 9.10. The Morgan fingerprint density at radius 3 is 2.76 bits per heavy atom. The second kappa shape index (κ2) is 5.85. The van der Waals surface area contributed by atoms with Crippen LogP contribution in [0, 0.1) is 5.92 Å². The maximum Gasteiger partial charge on any atom is 0.119 e. The Kier molecular flexibility index (Phi) is 4.42. The van der Waals surface area contributed by atoms with E-state index < -0.39 is 0 Å². The molecule has 17 heavy (non-hydrogen) atoms. The number of halogens is 1. The monoisotopic (exact) mass is 299 g/mol. The van der Waals surface area contributed by atoms with Gasteiger partial charge in [0, 0.05) is 23.7 Å². The number of rotatable bonds is 3. The Hall–Kier alpha value is -0.580. The van der Waals surface area contributed by atoms with Crippen LogP contribution in [0.25, 0.3) is 0 Å². The number of ether oxygens (including phenoxy) is 2. The lowest BCUT2D eigenvalue weighted by Crippen LogP contribution is -2.27. The van der Waals surface area contributed by atoms with Crippen molar-refractivity contribution in [1.82, 2.24) is 0 Å². The van der Waals surface area contributed by atoms with E-state index in [0.29, 0.717) is 5.92 Å². The Balaban J connectivity index is 2.19. The van der Waals surface area contributed by atoms with Crippen molar-refractivity contribution in [2.45, 2.75) is 18.9 Å². The van der Waals surface area contributed by atoms with Crippen LogP contribution in [-0.4, -0.2) is 20.3 Å². The molecule has 0 aromatic heterocycles. The summed E-state index contributed by atoms with van der Waals surface area (Å²) in [7, 11) is 1.67. The van der Waals surface area contributed by atoms with E-state index in [-0.39, 0.29) is 6.04 Å². The predicted octanol–water partition coefficient (Wildman–Crippen LogP) is 2.88. The molecular formula is C13H18BrNO2. The smallest absolute Gasteiger partial charge is 0.119 e. The van der Waals surface area contributed by atoms with Crippen LogP contribution < -0.4 is 10.5 Å². The third-order valence-corrected chi connectivity index (χ3v) is 4.06. The number of hydrogen-bond donors (Lipinski definition) is 1. The van der Waals surface area contributed by atoms with Crippen LogP contribution in [0.2, 0.25) is 0 Å². The second-order valence-corrected chi connectivity index (χ2v) is 5.22. The molecule has 1 aliphatic heterocycles. The first kappa shape index (κ1) is 12.9. The van der Waals surface area contributed by atoms with Gasteiger partial charge in [-0.3, -0.25) is 0 Å². The van der Waals surface area contributed by atoms with Crippen molar-refractivity contribution >= 4 is 15.9 Å². The maximum absolute atomic E-state index is 6.35. The number of nitrogens with two attached hydrogens (primary N) is 1. The summed E-state index contributed by atoms with van der Waals surface area (Å²) in [6, 6.07) is 5.99. The molecule has 1 aliphatic rings. The van der Waals surface area contributed by atoms with Gasteiger partial charge in [-0.15, -0.1) is 0 Å². The van der Waals surface area contributed by atoms with Gasteiger partial charge in [0.05, 0.1) is 7.11 Å². The van der Waals surface area contributed by atoms with Crippen LogP contribution in [0.4, 0.5) is 0 Å². The standard InChI is InChI=1S/C13H18BrNO2/c1-16-10-2-3-12(14)11(8-10)13(15)9-4-6-17-7-5-9/h2-3,8-9,13H,4-7,15H2,1H3/t13-/m1/s1. The minimum atomic E-state index is 0.0448. The minimum absolute atomic E-state index is 0.0448. The zero-order valence-corrected chi connectivity index (χ0v) is 11.6.